The van der Waals surface area contributed by atoms with Crippen LogP contribution in [0.25, 0.3) is 0 Å². The van der Waals surface area contributed by atoms with Crippen LogP contribution in [-0.2, 0) is 12.0 Å². The van der Waals surface area contributed by atoms with Crippen LogP contribution >= 0.6 is 0 Å². The molecule has 0 aliphatic heterocycles. The molecule has 1 aliphatic carbocycles. The molecule has 3 amide bonds. The first kappa shape index (κ1) is 20.9. The van der Waals surface area contributed by atoms with Crippen molar-refractivity contribution in [1.82, 2.24) is 16.0 Å². The van der Waals surface area contributed by atoms with Gasteiger partial charge in [0.25, 0.3) is 5.91 Å². The summed E-state index contributed by atoms with van der Waals surface area (Å²) in [6.45, 7) is 4.92. The van der Waals surface area contributed by atoms with Crippen LogP contribution in [-0.4, -0.2) is 24.5 Å². The zero-order valence-electron chi connectivity index (χ0n) is 17.3. The van der Waals surface area contributed by atoms with Gasteiger partial charge in [0.2, 0.25) is 0 Å². The van der Waals surface area contributed by atoms with Gasteiger partial charge in [-0.25, -0.2) is 4.79 Å². The van der Waals surface area contributed by atoms with E-state index >= 15 is 0 Å². The number of carbonyl (C=O) groups excluding carboxylic acids is 2. The lowest BCUT2D eigenvalue weighted by atomic mass is 9.79. The van der Waals surface area contributed by atoms with Gasteiger partial charge in [0.05, 0.1) is 0 Å². The number of rotatable bonds is 7. The first-order valence-electron chi connectivity index (χ1n) is 10.5. The molecule has 0 aromatic heterocycles. The minimum atomic E-state index is -0.190. The molecule has 0 spiro atoms. The summed E-state index contributed by atoms with van der Waals surface area (Å²) in [6.07, 6.45) is 4.63. The third-order valence-electron chi connectivity index (χ3n) is 5.62. The number of hydrogen-bond donors (Lipinski definition) is 3. The standard InChI is InChI=1S/C24H31N3O2/c1-18(2)27-23(29)25-16-19-10-12-20(13-11-19)22(28)26-17-24(14-6-7-15-24)21-8-4-3-5-9-21/h3-5,8-13,18H,6-7,14-17H2,1-2H3,(H,26,28)(H2,25,27,29). The molecular formula is C24H31N3O2. The minimum absolute atomic E-state index is 0.0462. The van der Waals surface area contributed by atoms with E-state index in [2.05, 4.69) is 40.2 Å². The Balaban J connectivity index is 1.56. The van der Waals surface area contributed by atoms with E-state index in [-0.39, 0.29) is 23.4 Å². The average molecular weight is 394 g/mol. The van der Waals surface area contributed by atoms with Crippen LogP contribution < -0.4 is 16.0 Å². The molecule has 3 rings (SSSR count). The second-order valence-electron chi connectivity index (χ2n) is 8.21. The van der Waals surface area contributed by atoms with Crippen molar-refractivity contribution in [2.75, 3.05) is 6.54 Å². The van der Waals surface area contributed by atoms with Gasteiger partial charge >= 0.3 is 6.03 Å². The van der Waals surface area contributed by atoms with Crippen molar-refractivity contribution in [2.45, 2.75) is 57.5 Å². The molecule has 2 aromatic carbocycles. The molecule has 154 valence electrons. The van der Waals surface area contributed by atoms with Crippen molar-refractivity contribution in [3.8, 4) is 0 Å². The van der Waals surface area contributed by atoms with Crippen molar-refractivity contribution in [3.63, 3.8) is 0 Å². The maximum absolute atomic E-state index is 12.7. The first-order valence-corrected chi connectivity index (χ1v) is 10.5. The van der Waals surface area contributed by atoms with Crippen LogP contribution in [0.3, 0.4) is 0 Å². The van der Waals surface area contributed by atoms with E-state index in [1.807, 2.05) is 44.2 Å². The van der Waals surface area contributed by atoms with E-state index in [1.54, 1.807) is 0 Å². The van der Waals surface area contributed by atoms with E-state index in [9.17, 15) is 9.59 Å². The van der Waals surface area contributed by atoms with Gasteiger partial charge in [0.1, 0.15) is 0 Å². The number of urea groups is 1. The molecule has 5 nitrogen and oxygen atoms in total. The van der Waals surface area contributed by atoms with Gasteiger partial charge in [-0.05, 0) is 49.9 Å². The van der Waals surface area contributed by atoms with Crippen LogP contribution in [0.15, 0.2) is 54.6 Å². The van der Waals surface area contributed by atoms with Crippen LogP contribution in [0.4, 0.5) is 4.79 Å². The third-order valence-corrected chi connectivity index (χ3v) is 5.62. The topological polar surface area (TPSA) is 70.2 Å². The summed E-state index contributed by atoms with van der Waals surface area (Å²) >= 11 is 0. The van der Waals surface area contributed by atoms with Gasteiger partial charge in [-0.3, -0.25) is 4.79 Å². The molecule has 3 N–H and O–H groups in total. The fourth-order valence-corrected chi connectivity index (χ4v) is 4.03. The van der Waals surface area contributed by atoms with Gasteiger partial charge in [-0.2, -0.15) is 0 Å². The van der Waals surface area contributed by atoms with Crippen molar-refractivity contribution in [2.24, 2.45) is 0 Å². The Morgan fingerprint density at radius 3 is 2.21 bits per heavy atom. The van der Waals surface area contributed by atoms with Crippen LogP contribution in [0, 0.1) is 0 Å². The quantitative estimate of drug-likeness (QED) is 0.662. The van der Waals surface area contributed by atoms with Gasteiger partial charge in [-0.15, -0.1) is 0 Å². The van der Waals surface area contributed by atoms with Crippen LogP contribution in [0.1, 0.15) is 61.0 Å². The maximum atomic E-state index is 12.7. The lowest BCUT2D eigenvalue weighted by Crippen LogP contribution is -2.39. The monoisotopic (exact) mass is 393 g/mol. The van der Waals surface area contributed by atoms with Crippen molar-refractivity contribution in [1.29, 1.82) is 0 Å². The third kappa shape index (κ3) is 5.59. The zero-order valence-corrected chi connectivity index (χ0v) is 17.3. The van der Waals surface area contributed by atoms with Gasteiger partial charge in [-0.1, -0.05) is 55.3 Å². The molecular weight excluding hydrogens is 362 g/mol. The summed E-state index contributed by atoms with van der Waals surface area (Å²) in [6, 6.07) is 17.8. The molecule has 0 radical (unpaired) electrons. The molecule has 0 heterocycles. The SMILES string of the molecule is CC(C)NC(=O)NCc1ccc(C(=O)NCC2(c3ccccc3)CCCC2)cc1. The average Bonchev–Trinajstić information content (AvgIpc) is 3.21. The van der Waals surface area contributed by atoms with E-state index in [1.165, 1.54) is 18.4 Å². The fraction of sp³-hybridized carbons (Fsp3) is 0.417. The molecule has 0 bridgehead atoms. The predicted molar refractivity (Wildman–Crippen MR) is 116 cm³/mol. The van der Waals surface area contributed by atoms with E-state index < -0.39 is 0 Å². The highest BCUT2D eigenvalue weighted by molar-refractivity contribution is 5.94. The molecule has 0 atom stereocenters. The Kier molecular flexibility index (Phi) is 6.91. The molecule has 1 saturated carbocycles. The van der Waals surface area contributed by atoms with Gasteiger partial charge in [0.15, 0.2) is 0 Å². The number of carbonyl (C=O) groups is 2. The summed E-state index contributed by atoms with van der Waals surface area (Å²) in [5.41, 5.74) is 2.96. The number of amides is 3. The Bertz CT molecular complexity index is 810. The first-order chi connectivity index (χ1) is 14.0. The van der Waals surface area contributed by atoms with Gasteiger partial charge in [0, 0.05) is 30.1 Å². The van der Waals surface area contributed by atoms with E-state index in [0.717, 1.165) is 18.4 Å². The maximum Gasteiger partial charge on any atom is 0.315 e. The van der Waals surface area contributed by atoms with Crippen molar-refractivity contribution in [3.05, 3.63) is 71.3 Å². The summed E-state index contributed by atoms with van der Waals surface area (Å²) in [5.74, 6) is -0.0516. The van der Waals surface area contributed by atoms with Crippen LogP contribution in [0.5, 0.6) is 0 Å². The fourth-order valence-electron chi connectivity index (χ4n) is 4.03. The van der Waals surface area contributed by atoms with E-state index in [0.29, 0.717) is 18.7 Å². The lowest BCUT2D eigenvalue weighted by molar-refractivity contribution is 0.0943. The number of benzene rings is 2. The highest BCUT2D eigenvalue weighted by Crippen LogP contribution is 2.40. The molecule has 0 unspecified atom stereocenters. The summed E-state index contributed by atoms with van der Waals surface area (Å²) < 4.78 is 0. The van der Waals surface area contributed by atoms with Crippen LogP contribution in [0.2, 0.25) is 0 Å². The minimum Gasteiger partial charge on any atom is -0.351 e. The molecule has 2 aromatic rings. The number of nitrogens with one attached hydrogen (secondary N) is 3. The Morgan fingerprint density at radius 2 is 1.59 bits per heavy atom. The largest absolute Gasteiger partial charge is 0.351 e. The van der Waals surface area contributed by atoms with Crippen molar-refractivity contribution >= 4 is 11.9 Å². The Morgan fingerprint density at radius 1 is 0.931 bits per heavy atom. The summed E-state index contributed by atoms with van der Waals surface area (Å²) in [7, 11) is 0. The highest BCUT2D eigenvalue weighted by atomic mass is 16.2. The Hall–Kier alpha value is -2.82. The summed E-state index contributed by atoms with van der Waals surface area (Å²) in [4.78, 5) is 24.4. The second kappa shape index (κ2) is 9.59. The highest BCUT2D eigenvalue weighted by Gasteiger charge is 2.35. The predicted octanol–water partition coefficient (Wildman–Crippen LogP) is 4.14. The number of hydrogen-bond acceptors (Lipinski definition) is 2. The lowest BCUT2D eigenvalue weighted by Gasteiger charge is -2.30. The zero-order chi connectivity index (χ0) is 20.7. The van der Waals surface area contributed by atoms with Crippen molar-refractivity contribution < 1.29 is 9.59 Å². The summed E-state index contributed by atoms with van der Waals surface area (Å²) in [5, 5.41) is 8.76. The Labute approximate surface area is 173 Å². The van der Waals surface area contributed by atoms with Gasteiger partial charge < -0.3 is 16.0 Å². The second-order valence-corrected chi connectivity index (χ2v) is 8.21. The smallest absolute Gasteiger partial charge is 0.315 e. The molecule has 1 fully saturated rings. The molecule has 5 heteroatoms. The molecule has 1 aliphatic rings. The normalized spacial score (nSPS) is 15.1. The molecule has 0 saturated heterocycles. The molecule has 29 heavy (non-hydrogen) atoms. The van der Waals surface area contributed by atoms with E-state index in [4.69, 9.17) is 0 Å².